The number of rotatable bonds is 6. The standard InChI is InChI=1S/C27H21N3O3S2/c1-17-12-14-18(15-13-17)16-34-27-29-28-26(35-27)30-22(19-8-4-2-5-9-19)21(24(32)25(30)33)23(31)20-10-6-3-7-11-20/h2-15,22,31H,16H2,1H3/b23-21-. The predicted molar refractivity (Wildman–Crippen MR) is 138 cm³/mol. The minimum atomic E-state index is -0.806. The van der Waals surface area contributed by atoms with Gasteiger partial charge in [-0.2, -0.15) is 0 Å². The minimum Gasteiger partial charge on any atom is -0.507 e. The molecule has 0 saturated carbocycles. The maximum atomic E-state index is 13.2. The highest BCUT2D eigenvalue weighted by molar-refractivity contribution is 8.00. The number of carbonyl (C=O) groups is 2. The molecule has 1 fully saturated rings. The van der Waals surface area contributed by atoms with Crippen molar-refractivity contribution in [1.29, 1.82) is 0 Å². The topological polar surface area (TPSA) is 83.4 Å². The Hall–Kier alpha value is -3.75. The van der Waals surface area contributed by atoms with Crippen molar-refractivity contribution in [2.24, 2.45) is 0 Å². The first-order valence-electron chi connectivity index (χ1n) is 11.0. The van der Waals surface area contributed by atoms with Crippen LogP contribution in [0, 0.1) is 6.92 Å². The third-order valence-electron chi connectivity index (χ3n) is 5.69. The van der Waals surface area contributed by atoms with Crippen molar-refractivity contribution in [1.82, 2.24) is 10.2 Å². The fraction of sp³-hybridized carbons (Fsp3) is 0.111. The zero-order chi connectivity index (χ0) is 24.4. The number of amides is 1. The Morgan fingerprint density at radius 3 is 2.29 bits per heavy atom. The van der Waals surface area contributed by atoms with Gasteiger partial charge in [-0.05, 0) is 18.1 Å². The number of benzene rings is 3. The molecule has 2 heterocycles. The summed E-state index contributed by atoms with van der Waals surface area (Å²) < 4.78 is 0.692. The molecule has 1 N–H and O–H groups in total. The van der Waals surface area contributed by atoms with Crippen molar-refractivity contribution < 1.29 is 14.7 Å². The lowest BCUT2D eigenvalue weighted by Gasteiger charge is -2.22. The molecule has 1 unspecified atom stereocenters. The van der Waals surface area contributed by atoms with E-state index < -0.39 is 17.7 Å². The molecular weight excluding hydrogens is 478 g/mol. The van der Waals surface area contributed by atoms with Gasteiger partial charge in [0.25, 0.3) is 5.78 Å². The van der Waals surface area contributed by atoms with Gasteiger partial charge in [0.15, 0.2) is 4.34 Å². The molecule has 8 heteroatoms. The van der Waals surface area contributed by atoms with Gasteiger partial charge in [0.1, 0.15) is 5.76 Å². The fourth-order valence-corrected chi connectivity index (χ4v) is 5.74. The van der Waals surface area contributed by atoms with Crippen molar-refractivity contribution >= 4 is 45.7 Å². The van der Waals surface area contributed by atoms with Crippen LogP contribution in [-0.2, 0) is 15.3 Å². The molecule has 0 radical (unpaired) electrons. The zero-order valence-electron chi connectivity index (χ0n) is 18.8. The second-order valence-corrected chi connectivity index (χ2v) is 10.2. The molecule has 0 spiro atoms. The Bertz CT molecular complexity index is 1400. The Labute approximate surface area is 211 Å². The number of Topliss-reactive ketones (excluding diaryl/α,β-unsaturated/α-hetero) is 1. The summed E-state index contributed by atoms with van der Waals surface area (Å²) in [4.78, 5) is 27.7. The lowest BCUT2D eigenvalue weighted by molar-refractivity contribution is -0.132. The third-order valence-corrected chi connectivity index (χ3v) is 7.82. The summed E-state index contributed by atoms with van der Waals surface area (Å²) in [6.45, 7) is 2.05. The average molecular weight is 500 g/mol. The van der Waals surface area contributed by atoms with Crippen LogP contribution >= 0.6 is 23.1 Å². The van der Waals surface area contributed by atoms with Gasteiger partial charge in [0, 0.05) is 11.3 Å². The number of thioether (sulfide) groups is 1. The van der Waals surface area contributed by atoms with Gasteiger partial charge in [-0.25, -0.2) is 0 Å². The van der Waals surface area contributed by atoms with Crippen LogP contribution in [0.2, 0.25) is 0 Å². The summed E-state index contributed by atoms with van der Waals surface area (Å²) in [6.07, 6.45) is 0. The van der Waals surface area contributed by atoms with Crippen LogP contribution in [0.5, 0.6) is 0 Å². The molecule has 0 bridgehead atoms. The van der Waals surface area contributed by atoms with Crippen LogP contribution in [0.25, 0.3) is 5.76 Å². The van der Waals surface area contributed by atoms with Crippen LogP contribution in [0.4, 0.5) is 5.13 Å². The zero-order valence-corrected chi connectivity index (χ0v) is 20.4. The molecule has 1 aliphatic heterocycles. The lowest BCUT2D eigenvalue weighted by atomic mass is 9.95. The van der Waals surface area contributed by atoms with Crippen molar-refractivity contribution in [3.05, 3.63) is 113 Å². The number of aromatic nitrogens is 2. The number of hydrogen-bond acceptors (Lipinski definition) is 7. The molecule has 1 aromatic heterocycles. The fourth-order valence-electron chi connectivity index (χ4n) is 3.92. The van der Waals surface area contributed by atoms with Gasteiger partial charge >= 0.3 is 5.91 Å². The number of nitrogens with zero attached hydrogens (tertiary/aromatic N) is 3. The van der Waals surface area contributed by atoms with Crippen LogP contribution in [0.3, 0.4) is 0 Å². The van der Waals surface area contributed by atoms with Crippen LogP contribution in [0.1, 0.15) is 28.3 Å². The van der Waals surface area contributed by atoms with Crippen molar-refractivity contribution in [2.45, 2.75) is 23.1 Å². The van der Waals surface area contributed by atoms with E-state index in [0.717, 1.165) is 5.56 Å². The Morgan fingerprint density at radius 2 is 1.60 bits per heavy atom. The van der Waals surface area contributed by atoms with Crippen LogP contribution in [0.15, 0.2) is 94.8 Å². The van der Waals surface area contributed by atoms with Gasteiger partial charge in [-0.3, -0.25) is 14.5 Å². The summed E-state index contributed by atoms with van der Waals surface area (Å²) in [6, 6.07) is 25.4. The average Bonchev–Trinajstić information content (AvgIpc) is 3.46. The van der Waals surface area contributed by atoms with Crippen LogP contribution < -0.4 is 4.90 Å². The van der Waals surface area contributed by atoms with E-state index in [2.05, 4.69) is 34.5 Å². The number of ketones is 1. The molecule has 0 aliphatic carbocycles. The summed E-state index contributed by atoms with van der Waals surface area (Å²) in [5.41, 5.74) is 3.57. The predicted octanol–water partition coefficient (Wildman–Crippen LogP) is 5.77. The molecule has 5 rings (SSSR count). The molecule has 6 nitrogen and oxygen atoms in total. The Morgan fingerprint density at radius 1 is 0.943 bits per heavy atom. The normalized spacial score (nSPS) is 17.2. The number of carbonyl (C=O) groups excluding carboxylic acids is 2. The number of aryl methyl sites for hydroxylation is 1. The monoisotopic (exact) mass is 499 g/mol. The smallest absolute Gasteiger partial charge is 0.301 e. The summed E-state index contributed by atoms with van der Waals surface area (Å²) in [7, 11) is 0. The first-order valence-corrected chi connectivity index (χ1v) is 12.8. The minimum absolute atomic E-state index is 0.0384. The number of aliphatic hydroxyl groups is 1. The molecule has 3 aromatic carbocycles. The third kappa shape index (κ3) is 4.62. The lowest BCUT2D eigenvalue weighted by Crippen LogP contribution is -2.29. The summed E-state index contributed by atoms with van der Waals surface area (Å²) in [5.74, 6) is -0.977. The van der Waals surface area contributed by atoms with E-state index in [-0.39, 0.29) is 11.3 Å². The maximum Gasteiger partial charge on any atom is 0.301 e. The molecule has 35 heavy (non-hydrogen) atoms. The highest BCUT2D eigenvalue weighted by atomic mass is 32.2. The van der Waals surface area contributed by atoms with Gasteiger partial charge in [0.05, 0.1) is 11.6 Å². The maximum absolute atomic E-state index is 13.2. The van der Waals surface area contributed by atoms with Crippen LogP contribution in [-0.4, -0.2) is 27.0 Å². The Balaban J connectivity index is 1.51. The van der Waals surface area contributed by atoms with Gasteiger partial charge in [0.2, 0.25) is 5.13 Å². The molecular formula is C27H21N3O3S2. The summed E-state index contributed by atoms with van der Waals surface area (Å²) in [5, 5.41) is 19.9. The molecule has 1 atom stereocenters. The quantitative estimate of drug-likeness (QED) is 0.119. The number of anilines is 1. The van der Waals surface area contributed by atoms with Crippen molar-refractivity contribution in [2.75, 3.05) is 4.90 Å². The molecule has 174 valence electrons. The first kappa shape index (κ1) is 23.0. The van der Waals surface area contributed by atoms with E-state index in [0.29, 0.717) is 26.4 Å². The van der Waals surface area contributed by atoms with Crippen molar-refractivity contribution in [3.63, 3.8) is 0 Å². The second kappa shape index (κ2) is 9.85. The molecule has 1 aliphatic rings. The number of hydrogen-bond donors (Lipinski definition) is 1. The van der Waals surface area contributed by atoms with Crippen molar-refractivity contribution in [3.8, 4) is 0 Å². The largest absolute Gasteiger partial charge is 0.507 e. The van der Waals surface area contributed by atoms with E-state index in [4.69, 9.17) is 0 Å². The number of aliphatic hydroxyl groups excluding tert-OH is 1. The Kier molecular flexibility index (Phi) is 6.48. The highest BCUT2D eigenvalue weighted by Gasteiger charge is 2.48. The SMILES string of the molecule is Cc1ccc(CSc2nnc(N3C(=O)C(=O)/C(=C(\O)c4ccccc4)C3c3ccccc3)s2)cc1. The van der Waals surface area contributed by atoms with Gasteiger partial charge < -0.3 is 5.11 Å². The highest BCUT2D eigenvalue weighted by Crippen LogP contribution is 2.43. The van der Waals surface area contributed by atoms with E-state index >= 15 is 0 Å². The van der Waals surface area contributed by atoms with E-state index in [1.807, 2.05) is 43.3 Å². The second-order valence-electron chi connectivity index (χ2n) is 8.07. The van der Waals surface area contributed by atoms with Gasteiger partial charge in [-0.1, -0.05) is 114 Å². The van der Waals surface area contributed by atoms with E-state index in [1.54, 1.807) is 24.3 Å². The molecule has 4 aromatic rings. The summed E-state index contributed by atoms with van der Waals surface area (Å²) >= 11 is 2.78. The molecule has 1 saturated heterocycles. The van der Waals surface area contributed by atoms with Gasteiger partial charge in [-0.15, -0.1) is 10.2 Å². The van der Waals surface area contributed by atoms with E-state index in [9.17, 15) is 14.7 Å². The first-order chi connectivity index (χ1) is 17.0. The van der Waals surface area contributed by atoms with E-state index in [1.165, 1.54) is 33.6 Å². The molecule has 1 amide bonds.